The van der Waals surface area contributed by atoms with Crippen molar-refractivity contribution in [2.45, 2.75) is 32.2 Å². The maximum absolute atomic E-state index is 13.1. The van der Waals surface area contributed by atoms with Crippen molar-refractivity contribution in [3.63, 3.8) is 0 Å². The second-order valence-electron chi connectivity index (χ2n) is 8.99. The van der Waals surface area contributed by atoms with Crippen LogP contribution in [0.2, 0.25) is 0 Å². The molecule has 0 bridgehead atoms. The molecule has 1 amide bonds. The van der Waals surface area contributed by atoms with E-state index < -0.39 is 17.7 Å². The molecular formula is C27H32N2O4. The van der Waals surface area contributed by atoms with Gasteiger partial charge in [0.15, 0.2) is 0 Å². The van der Waals surface area contributed by atoms with Gasteiger partial charge in [-0.1, -0.05) is 68.4 Å². The quantitative estimate of drug-likeness (QED) is 0.395. The number of likely N-dealkylation sites (tertiary alicyclic amines) is 1. The lowest BCUT2D eigenvalue weighted by molar-refractivity contribution is -0.140. The average Bonchev–Trinajstić information content (AvgIpc) is 3.10. The minimum Gasteiger partial charge on any atom is -0.507 e. The van der Waals surface area contributed by atoms with Gasteiger partial charge in [0.2, 0.25) is 0 Å². The number of amides is 1. The Kier molecular flexibility index (Phi) is 7.26. The van der Waals surface area contributed by atoms with Gasteiger partial charge in [-0.15, -0.1) is 0 Å². The van der Waals surface area contributed by atoms with Crippen LogP contribution in [0.3, 0.4) is 0 Å². The Morgan fingerprint density at radius 2 is 1.67 bits per heavy atom. The number of benzene rings is 2. The highest BCUT2D eigenvalue weighted by molar-refractivity contribution is 6.46. The summed E-state index contributed by atoms with van der Waals surface area (Å²) in [5.41, 5.74) is 2.72. The number of hydrogen-bond donors (Lipinski definition) is 1. The standard InChI is InChI=1S/C27H32N2O4/c1-19(2)20-9-11-21(12-10-20)24-23(25(30)22-7-4-3-5-8-22)26(31)27(32)29(24)14-6-13-28-15-17-33-18-16-28/h3-5,7-12,19,24,30H,6,13-18H2,1-2H3. The number of ether oxygens (including phenoxy) is 1. The maximum Gasteiger partial charge on any atom is 0.295 e. The van der Waals surface area contributed by atoms with Gasteiger partial charge < -0.3 is 14.7 Å². The zero-order valence-corrected chi connectivity index (χ0v) is 19.4. The molecule has 6 nitrogen and oxygen atoms in total. The summed E-state index contributed by atoms with van der Waals surface area (Å²) in [6.07, 6.45) is 0.749. The molecule has 33 heavy (non-hydrogen) atoms. The van der Waals surface area contributed by atoms with Crippen molar-refractivity contribution in [2.24, 2.45) is 0 Å². The third-order valence-corrected chi connectivity index (χ3v) is 6.48. The number of hydrogen-bond acceptors (Lipinski definition) is 5. The van der Waals surface area contributed by atoms with E-state index in [1.807, 2.05) is 30.3 Å². The van der Waals surface area contributed by atoms with Crippen LogP contribution in [-0.2, 0) is 14.3 Å². The van der Waals surface area contributed by atoms with E-state index in [2.05, 4.69) is 18.7 Å². The van der Waals surface area contributed by atoms with Gasteiger partial charge in [0.1, 0.15) is 5.76 Å². The number of aliphatic hydroxyl groups is 1. The van der Waals surface area contributed by atoms with Crippen LogP contribution in [0.5, 0.6) is 0 Å². The largest absolute Gasteiger partial charge is 0.507 e. The highest BCUT2D eigenvalue weighted by atomic mass is 16.5. The van der Waals surface area contributed by atoms with Crippen LogP contribution >= 0.6 is 0 Å². The summed E-state index contributed by atoms with van der Waals surface area (Å²) in [5.74, 6) is -0.918. The molecule has 0 spiro atoms. The van der Waals surface area contributed by atoms with Gasteiger partial charge in [-0.2, -0.15) is 0 Å². The first-order valence-corrected chi connectivity index (χ1v) is 11.7. The van der Waals surface area contributed by atoms with Crippen molar-refractivity contribution in [3.8, 4) is 0 Å². The molecule has 0 aromatic heterocycles. The van der Waals surface area contributed by atoms with Crippen molar-refractivity contribution in [1.82, 2.24) is 9.80 Å². The smallest absolute Gasteiger partial charge is 0.295 e. The lowest BCUT2D eigenvalue weighted by Crippen LogP contribution is -2.38. The number of aliphatic hydroxyl groups excluding tert-OH is 1. The van der Waals surface area contributed by atoms with Gasteiger partial charge in [0.25, 0.3) is 11.7 Å². The monoisotopic (exact) mass is 448 g/mol. The van der Waals surface area contributed by atoms with E-state index in [-0.39, 0.29) is 11.3 Å². The molecule has 6 heteroatoms. The van der Waals surface area contributed by atoms with E-state index in [9.17, 15) is 14.7 Å². The Labute approximate surface area is 195 Å². The predicted molar refractivity (Wildman–Crippen MR) is 128 cm³/mol. The van der Waals surface area contributed by atoms with E-state index >= 15 is 0 Å². The van der Waals surface area contributed by atoms with Gasteiger partial charge in [0.05, 0.1) is 24.8 Å². The normalized spacial score (nSPS) is 21.2. The van der Waals surface area contributed by atoms with Gasteiger partial charge in [-0.3, -0.25) is 14.5 Å². The zero-order chi connectivity index (χ0) is 23.4. The summed E-state index contributed by atoms with van der Waals surface area (Å²) in [7, 11) is 0. The van der Waals surface area contributed by atoms with Crippen molar-refractivity contribution in [2.75, 3.05) is 39.4 Å². The Hall–Kier alpha value is -2.96. The molecule has 2 aromatic rings. The molecule has 2 aromatic carbocycles. The number of morpholine rings is 1. The Morgan fingerprint density at radius 3 is 2.30 bits per heavy atom. The summed E-state index contributed by atoms with van der Waals surface area (Å²) in [6.45, 7) is 8.76. The molecule has 174 valence electrons. The highest BCUT2D eigenvalue weighted by Crippen LogP contribution is 2.39. The fourth-order valence-electron chi connectivity index (χ4n) is 4.56. The van der Waals surface area contributed by atoms with Crippen LogP contribution in [0.15, 0.2) is 60.2 Å². The van der Waals surface area contributed by atoms with Crippen LogP contribution in [0.1, 0.15) is 48.9 Å². The van der Waals surface area contributed by atoms with Crippen LogP contribution in [0.4, 0.5) is 0 Å². The number of ketones is 1. The molecule has 0 saturated carbocycles. The Balaban J connectivity index is 1.66. The number of Topliss-reactive ketones (excluding diaryl/α,β-unsaturated/α-hetero) is 1. The molecule has 0 aliphatic carbocycles. The molecule has 1 N–H and O–H groups in total. The van der Waals surface area contributed by atoms with E-state index in [1.54, 1.807) is 29.2 Å². The number of carbonyl (C=O) groups is 2. The first kappa shape index (κ1) is 23.2. The molecule has 2 aliphatic rings. The molecule has 0 radical (unpaired) electrons. The van der Waals surface area contributed by atoms with Crippen molar-refractivity contribution in [3.05, 3.63) is 76.9 Å². The molecular weight excluding hydrogens is 416 g/mol. The molecule has 4 rings (SSSR count). The minimum absolute atomic E-state index is 0.123. The van der Waals surface area contributed by atoms with Crippen LogP contribution in [0, 0.1) is 0 Å². The molecule has 2 fully saturated rings. The van der Waals surface area contributed by atoms with Crippen molar-refractivity contribution in [1.29, 1.82) is 0 Å². The Morgan fingerprint density at radius 1 is 1.00 bits per heavy atom. The fourth-order valence-corrected chi connectivity index (χ4v) is 4.56. The molecule has 1 unspecified atom stereocenters. The van der Waals surface area contributed by atoms with E-state index in [0.717, 1.165) is 44.8 Å². The third kappa shape index (κ3) is 5.02. The molecule has 2 heterocycles. The SMILES string of the molecule is CC(C)c1ccc(C2C(=C(O)c3ccccc3)C(=O)C(=O)N2CCCN2CCOCC2)cc1. The average molecular weight is 449 g/mol. The maximum atomic E-state index is 13.1. The first-order chi connectivity index (χ1) is 16.0. The number of carbonyl (C=O) groups excluding carboxylic acids is 2. The summed E-state index contributed by atoms with van der Waals surface area (Å²) < 4.78 is 5.41. The summed E-state index contributed by atoms with van der Waals surface area (Å²) >= 11 is 0. The topological polar surface area (TPSA) is 70.1 Å². The lowest BCUT2D eigenvalue weighted by atomic mass is 9.93. The highest BCUT2D eigenvalue weighted by Gasteiger charge is 2.45. The fraction of sp³-hybridized carbons (Fsp3) is 0.407. The van der Waals surface area contributed by atoms with Gasteiger partial charge in [0, 0.05) is 31.7 Å². The molecule has 2 aliphatic heterocycles. The second kappa shape index (κ2) is 10.3. The van der Waals surface area contributed by atoms with E-state index in [4.69, 9.17) is 4.74 Å². The van der Waals surface area contributed by atoms with Crippen LogP contribution < -0.4 is 0 Å². The van der Waals surface area contributed by atoms with Crippen molar-refractivity contribution >= 4 is 17.4 Å². The number of nitrogens with zero attached hydrogens (tertiary/aromatic N) is 2. The first-order valence-electron chi connectivity index (χ1n) is 11.7. The van der Waals surface area contributed by atoms with Crippen LogP contribution in [0.25, 0.3) is 5.76 Å². The second-order valence-corrected chi connectivity index (χ2v) is 8.99. The van der Waals surface area contributed by atoms with Crippen LogP contribution in [-0.4, -0.2) is 66.0 Å². The zero-order valence-electron chi connectivity index (χ0n) is 19.4. The third-order valence-electron chi connectivity index (χ3n) is 6.48. The van der Waals surface area contributed by atoms with Gasteiger partial charge in [-0.25, -0.2) is 0 Å². The van der Waals surface area contributed by atoms with Gasteiger partial charge in [-0.05, 0) is 23.5 Å². The summed E-state index contributed by atoms with van der Waals surface area (Å²) in [5, 5.41) is 11.1. The number of rotatable bonds is 7. The molecule has 2 saturated heterocycles. The molecule has 1 atom stereocenters. The predicted octanol–water partition coefficient (Wildman–Crippen LogP) is 3.95. The van der Waals surface area contributed by atoms with E-state index in [1.165, 1.54) is 5.56 Å². The summed E-state index contributed by atoms with van der Waals surface area (Å²) in [6, 6.07) is 16.4. The van der Waals surface area contributed by atoms with E-state index in [0.29, 0.717) is 18.0 Å². The minimum atomic E-state index is -0.624. The Bertz CT molecular complexity index is 1010. The summed E-state index contributed by atoms with van der Waals surface area (Å²) in [4.78, 5) is 30.2. The lowest BCUT2D eigenvalue weighted by Gasteiger charge is -2.29. The van der Waals surface area contributed by atoms with Crippen molar-refractivity contribution < 1.29 is 19.4 Å². The van der Waals surface area contributed by atoms with Gasteiger partial charge >= 0.3 is 0 Å².